The van der Waals surface area contributed by atoms with E-state index in [2.05, 4.69) is 16.2 Å². The van der Waals surface area contributed by atoms with E-state index in [4.69, 9.17) is 9.73 Å². The molecule has 0 bridgehead atoms. The summed E-state index contributed by atoms with van der Waals surface area (Å²) in [6.45, 7) is 7.45. The molecule has 0 aliphatic carbocycles. The minimum absolute atomic E-state index is 0.0857. The van der Waals surface area contributed by atoms with Crippen molar-refractivity contribution in [2.75, 3.05) is 6.61 Å². The van der Waals surface area contributed by atoms with Crippen LogP contribution >= 0.6 is 11.8 Å². The van der Waals surface area contributed by atoms with E-state index in [0.29, 0.717) is 27.7 Å². The Morgan fingerprint density at radius 3 is 2.87 bits per heavy atom. The Hall–Kier alpha value is -2.87. The third kappa shape index (κ3) is 3.45. The fourth-order valence-corrected chi connectivity index (χ4v) is 4.86. The first-order valence-corrected chi connectivity index (χ1v) is 10.9. The summed E-state index contributed by atoms with van der Waals surface area (Å²) in [6, 6.07) is 8.15. The lowest BCUT2D eigenvalue weighted by molar-refractivity contribution is 0.0525. The third-order valence-electron chi connectivity index (χ3n) is 5.35. The fourth-order valence-electron chi connectivity index (χ4n) is 3.88. The smallest absolute Gasteiger partial charge is 0.340 e. The summed E-state index contributed by atoms with van der Waals surface area (Å²) in [5, 5.41) is 6.68. The zero-order chi connectivity index (χ0) is 21.4. The number of amidine groups is 1. The van der Waals surface area contributed by atoms with Crippen LogP contribution in [0, 0.1) is 13.8 Å². The number of fused-ring (bicyclic) bond motifs is 3. The van der Waals surface area contributed by atoms with Gasteiger partial charge in [-0.15, -0.1) is 0 Å². The van der Waals surface area contributed by atoms with Gasteiger partial charge in [-0.05, 0) is 39.3 Å². The molecule has 4 rings (SSSR count). The van der Waals surface area contributed by atoms with E-state index in [0.717, 1.165) is 17.7 Å². The van der Waals surface area contributed by atoms with E-state index >= 15 is 0 Å². The maximum Gasteiger partial charge on any atom is 0.340 e. The molecule has 30 heavy (non-hydrogen) atoms. The molecule has 0 spiro atoms. The van der Waals surface area contributed by atoms with Gasteiger partial charge >= 0.3 is 5.97 Å². The molecule has 0 radical (unpaired) electrons. The number of nitrogens with one attached hydrogen (secondary N) is 1. The second-order valence-electron chi connectivity index (χ2n) is 7.32. The molecule has 1 aromatic heterocycles. The number of carbonyl (C=O) groups excluding carboxylic acids is 2. The van der Waals surface area contributed by atoms with Gasteiger partial charge in [0.25, 0.3) is 0 Å². The highest BCUT2D eigenvalue weighted by Crippen LogP contribution is 2.41. The molecule has 2 aliphatic heterocycles. The third-order valence-corrected chi connectivity index (χ3v) is 6.41. The predicted octanol–water partition coefficient (Wildman–Crippen LogP) is 4.55. The second kappa shape index (κ2) is 8.10. The Kier molecular flexibility index (Phi) is 5.51. The number of benzene rings is 1. The lowest BCUT2D eigenvalue weighted by atomic mass is 10.0. The minimum Gasteiger partial charge on any atom is -0.462 e. The second-order valence-corrected chi connectivity index (χ2v) is 8.63. The summed E-state index contributed by atoms with van der Waals surface area (Å²) in [5.41, 5.74) is 4.20. The van der Waals surface area contributed by atoms with Crippen molar-refractivity contribution in [3.05, 3.63) is 52.3 Å². The molecule has 0 saturated heterocycles. The van der Waals surface area contributed by atoms with Gasteiger partial charge in [-0.1, -0.05) is 30.0 Å². The molecule has 0 fully saturated rings. The summed E-state index contributed by atoms with van der Waals surface area (Å²) in [7, 11) is 0. The first-order valence-electron chi connectivity index (χ1n) is 9.98. The van der Waals surface area contributed by atoms with Crippen molar-refractivity contribution in [3.8, 4) is 0 Å². The van der Waals surface area contributed by atoms with Gasteiger partial charge in [0.2, 0.25) is 0 Å². The number of nitrogens with zero attached hydrogens (tertiary/aromatic N) is 3. The highest BCUT2D eigenvalue weighted by molar-refractivity contribution is 8.14. The van der Waals surface area contributed by atoms with Crippen molar-refractivity contribution in [2.45, 2.75) is 45.4 Å². The Bertz CT molecular complexity index is 1070. The normalized spacial score (nSPS) is 17.9. The van der Waals surface area contributed by atoms with E-state index in [1.165, 1.54) is 11.8 Å². The minimum atomic E-state index is -0.411. The summed E-state index contributed by atoms with van der Waals surface area (Å²) in [5.74, 6) is -0.497. The standard InChI is InChI=1S/C22H24N4O3S/c1-5-29-21(28)18-12(2)19(24-13(18)3)20(27)14(4)30-22-25-16-9-7-6-8-15(16)17-10-11-23-26(17)22/h6-9,11,14,17,24H,5,10H2,1-4H3/t14-,17-/m1/s1. The number of para-hydroxylation sites is 1. The van der Waals surface area contributed by atoms with Crippen LogP contribution in [-0.4, -0.2) is 45.0 Å². The number of hydrogen-bond acceptors (Lipinski definition) is 7. The predicted molar refractivity (Wildman–Crippen MR) is 119 cm³/mol. The number of aryl methyl sites for hydroxylation is 1. The molecule has 8 heteroatoms. The number of aliphatic imine (C=N–C) groups is 1. The quantitative estimate of drug-likeness (QED) is 0.562. The summed E-state index contributed by atoms with van der Waals surface area (Å²) >= 11 is 1.38. The Morgan fingerprint density at radius 1 is 1.33 bits per heavy atom. The average Bonchev–Trinajstić information content (AvgIpc) is 3.32. The van der Waals surface area contributed by atoms with Gasteiger partial charge < -0.3 is 9.72 Å². The molecular formula is C22H24N4O3S. The van der Waals surface area contributed by atoms with Crippen molar-refractivity contribution in [1.29, 1.82) is 0 Å². The van der Waals surface area contributed by atoms with Crippen molar-refractivity contribution >= 4 is 40.6 Å². The number of H-pyrrole nitrogens is 1. The average molecular weight is 425 g/mol. The monoisotopic (exact) mass is 424 g/mol. The van der Waals surface area contributed by atoms with Crippen molar-refractivity contribution in [2.24, 2.45) is 10.1 Å². The molecule has 7 nitrogen and oxygen atoms in total. The van der Waals surface area contributed by atoms with Gasteiger partial charge in [-0.25, -0.2) is 14.8 Å². The lowest BCUT2D eigenvalue weighted by Crippen LogP contribution is -2.30. The molecule has 3 heterocycles. The Morgan fingerprint density at radius 2 is 2.10 bits per heavy atom. The summed E-state index contributed by atoms with van der Waals surface area (Å²) in [4.78, 5) is 33.3. The van der Waals surface area contributed by atoms with Crippen molar-refractivity contribution in [1.82, 2.24) is 9.99 Å². The van der Waals surface area contributed by atoms with Crippen LogP contribution < -0.4 is 0 Å². The van der Waals surface area contributed by atoms with Gasteiger partial charge in [0.1, 0.15) is 0 Å². The van der Waals surface area contributed by atoms with Crippen LogP contribution in [0.5, 0.6) is 0 Å². The highest BCUT2D eigenvalue weighted by atomic mass is 32.2. The van der Waals surface area contributed by atoms with E-state index in [1.54, 1.807) is 20.8 Å². The summed E-state index contributed by atoms with van der Waals surface area (Å²) < 4.78 is 5.13. The molecule has 2 atom stereocenters. The maximum atomic E-state index is 13.2. The van der Waals surface area contributed by atoms with Crippen molar-refractivity contribution < 1.29 is 14.3 Å². The first-order chi connectivity index (χ1) is 14.4. The lowest BCUT2D eigenvalue weighted by Gasteiger charge is -2.30. The van der Waals surface area contributed by atoms with Crippen LogP contribution in [-0.2, 0) is 4.74 Å². The zero-order valence-electron chi connectivity index (χ0n) is 17.4. The van der Waals surface area contributed by atoms with Crippen molar-refractivity contribution in [3.63, 3.8) is 0 Å². The largest absolute Gasteiger partial charge is 0.462 e. The Labute approximate surface area is 179 Å². The van der Waals surface area contributed by atoms with E-state index in [9.17, 15) is 9.59 Å². The van der Waals surface area contributed by atoms with Crippen LogP contribution in [0.2, 0.25) is 0 Å². The number of ketones is 1. The van der Waals surface area contributed by atoms with Gasteiger partial charge in [-0.3, -0.25) is 4.79 Å². The van der Waals surface area contributed by atoms with E-state index in [-0.39, 0.29) is 18.4 Å². The Balaban J connectivity index is 1.59. The number of thioether (sulfide) groups is 1. The van der Waals surface area contributed by atoms with Crippen LogP contribution in [0.25, 0.3) is 0 Å². The number of esters is 1. The molecule has 156 valence electrons. The van der Waals surface area contributed by atoms with Gasteiger partial charge in [0.05, 0.1) is 34.8 Å². The zero-order valence-corrected chi connectivity index (χ0v) is 18.2. The number of hydrazone groups is 1. The number of carbonyl (C=O) groups is 2. The number of aromatic amines is 1. The molecular weight excluding hydrogens is 400 g/mol. The SMILES string of the molecule is CCOC(=O)c1c(C)[nH]c(C(=O)[C@@H](C)SC2=Nc3ccccc3[C@H]3CC=NN23)c1C. The van der Waals surface area contributed by atoms with E-state index < -0.39 is 11.2 Å². The first kappa shape index (κ1) is 20.4. The highest BCUT2D eigenvalue weighted by Gasteiger charge is 2.35. The molecule has 0 unspecified atom stereocenters. The van der Waals surface area contributed by atoms with Gasteiger partial charge in [-0.2, -0.15) is 5.10 Å². The van der Waals surface area contributed by atoms with Crippen LogP contribution in [0.3, 0.4) is 0 Å². The fraction of sp³-hybridized carbons (Fsp3) is 0.364. The van der Waals surface area contributed by atoms with Gasteiger partial charge in [0.15, 0.2) is 11.0 Å². The van der Waals surface area contributed by atoms with Gasteiger partial charge in [0, 0.05) is 23.9 Å². The van der Waals surface area contributed by atoms with E-state index in [1.807, 2.05) is 36.3 Å². The molecule has 2 aromatic rings. The number of ether oxygens (including phenoxy) is 1. The molecule has 2 aliphatic rings. The van der Waals surface area contributed by atoms with Crippen LogP contribution in [0.15, 0.2) is 34.4 Å². The number of Topliss-reactive ketones (excluding diaryl/α,β-unsaturated/α-hetero) is 1. The molecule has 1 aromatic carbocycles. The number of hydrogen-bond donors (Lipinski definition) is 1. The topological polar surface area (TPSA) is 87.1 Å². The maximum absolute atomic E-state index is 13.2. The number of aromatic nitrogens is 1. The number of rotatable bonds is 5. The van der Waals surface area contributed by atoms with Crippen LogP contribution in [0.4, 0.5) is 5.69 Å². The molecule has 0 amide bonds. The molecule has 1 N–H and O–H groups in total. The van der Waals surface area contributed by atoms with Crippen LogP contribution in [0.1, 0.15) is 64.0 Å². The summed E-state index contributed by atoms with van der Waals surface area (Å²) in [6.07, 6.45) is 2.70. The molecule has 0 saturated carbocycles.